The van der Waals surface area contributed by atoms with Gasteiger partial charge in [-0.1, -0.05) is 29.4 Å². The van der Waals surface area contributed by atoms with E-state index in [9.17, 15) is 9.59 Å². The van der Waals surface area contributed by atoms with Crippen LogP contribution in [0.1, 0.15) is 33.5 Å². The maximum atomic E-state index is 12.9. The molecule has 0 atom stereocenters. The number of nitrogens with one attached hydrogen (secondary N) is 1. The lowest BCUT2D eigenvalue weighted by molar-refractivity contribution is 0.0978. The quantitative estimate of drug-likeness (QED) is 0.758. The average molecular weight is 349 g/mol. The molecule has 1 aromatic heterocycles. The van der Waals surface area contributed by atoms with E-state index in [0.29, 0.717) is 23.5 Å². The van der Waals surface area contributed by atoms with Crippen LogP contribution in [0.2, 0.25) is 0 Å². The third kappa shape index (κ3) is 3.80. The molecule has 3 rings (SSSR count). The first-order valence-corrected chi connectivity index (χ1v) is 8.30. The van der Waals surface area contributed by atoms with E-state index in [4.69, 9.17) is 4.52 Å². The van der Waals surface area contributed by atoms with Crippen molar-refractivity contribution >= 4 is 23.2 Å². The van der Waals surface area contributed by atoms with Gasteiger partial charge in [-0.15, -0.1) is 0 Å². The molecule has 0 radical (unpaired) electrons. The molecule has 0 bridgehead atoms. The lowest BCUT2D eigenvalue weighted by atomic mass is 10.1. The first-order chi connectivity index (χ1) is 12.6. The van der Waals surface area contributed by atoms with Crippen LogP contribution in [0.4, 0.5) is 11.4 Å². The summed E-state index contributed by atoms with van der Waals surface area (Å²) < 4.78 is 4.95. The summed E-state index contributed by atoms with van der Waals surface area (Å²) in [6.45, 7) is 4.20. The van der Waals surface area contributed by atoms with Gasteiger partial charge in [0.25, 0.3) is 11.8 Å². The zero-order chi connectivity index (χ0) is 18.5. The van der Waals surface area contributed by atoms with E-state index in [1.54, 1.807) is 42.2 Å². The predicted molar refractivity (Wildman–Crippen MR) is 99.4 cm³/mol. The van der Waals surface area contributed by atoms with E-state index in [1.807, 2.05) is 37.3 Å². The Balaban J connectivity index is 1.80. The molecule has 0 aliphatic carbocycles. The maximum Gasteiger partial charge on any atom is 0.294 e. The molecule has 0 saturated carbocycles. The van der Waals surface area contributed by atoms with Crippen molar-refractivity contribution in [3.63, 3.8) is 0 Å². The van der Waals surface area contributed by atoms with Crippen molar-refractivity contribution in [3.05, 3.63) is 77.7 Å². The Bertz CT molecular complexity index is 919. The lowest BCUT2D eigenvalue weighted by Crippen LogP contribution is -2.30. The molecule has 0 aliphatic rings. The minimum Gasteiger partial charge on any atom is -0.351 e. The largest absolute Gasteiger partial charge is 0.351 e. The van der Waals surface area contributed by atoms with Gasteiger partial charge in [0.1, 0.15) is 0 Å². The van der Waals surface area contributed by atoms with Crippen LogP contribution < -0.4 is 10.2 Å². The molecule has 0 spiro atoms. The Hall–Kier alpha value is -3.41. The van der Waals surface area contributed by atoms with Crippen LogP contribution in [0.25, 0.3) is 0 Å². The molecular formula is C20H19N3O3. The van der Waals surface area contributed by atoms with Crippen LogP contribution in [0.3, 0.4) is 0 Å². The molecule has 1 heterocycles. The van der Waals surface area contributed by atoms with Gasteiger partial charge in [-0.2, -0.15) is 0 Å². The maximum absolute atomic E-state index is 12.9. The van der Waals surface area contributed by atoms with Crippen molar-refractivity contribution in [1.29, 1.82) is 0 Å². The molecule has 2 aromatic carbocycles. The number of hydrogen-bond donors (Lipinski definition) is 1. The second-order valence-electron chi connectivity index (χ2n) is 5.75. The SMILES string of the molecule is CCN(C(=O)c1cccc(NC(=O)c2cc(C)no2)c1)c1ccccc1. The lowest BCUT2D eigenvalue weighted by Gasteiger charge is -2.21. The minimum atomic E-state index is -0.411. The number of carbonyl (C=O) groups excluding carboxylic acids is 2. The van der Waals surface area contributed by atoms with Crippen LogP contribution in [-0.4, -0.2) is 23.5 Å². The Morgan fingerprint density at radius 3 is 2.50 bits per heavy atom. The minimum absolute atomic E-state index is 0.124. The van der Waals surface area contributed by atoms with Crippen LogP contribution in [0, 0.1) is 6.92 Å². The second-order valence-corrected chi connectivity index (χ2v) is 5.75. The normalized spacial score (nSPS) is 10.4. The summed E-state index contributed by atoms with van der Waals surface area (Å²) in [5.41, 5.74) is 2.45. The van der Waals surface area contributed by atoms with E-state index < -0.39 is 5.91 Å². The highest BCUT2D eigenvalue weighted by Crippen LogP contribution is 2.19. The molecule has 0 saturated heterocycles. The Kier molecular flexibility index (Phi) is 5.12. The van der Waals surface area contributed by atoms with Crippen LogP contribution in [-0.2, 0) is 0 Å². The number of aryl methyl sites for hydroxylation is 1. The third-order valence-electron chi connectivity index (χ3n) is 3.85. The number of amides is 2. The van der Waals surface area contributed by atoms with E-state index in [2.05, 4.69) is 10.5 Å². The number of rotatable bonds is 5. The first-order valence-electron chi connectivity index (χ1n) is 8.30. The van der Waals surface area contributed by atoms with Crippen molar-refractivity contribution < 1.29 is 14.1 Å². The average Bonchev–Trinajstić information content (AvgIpc) is 3.10. The summed E-state index contributed by atoms with van der Waals surface area (Å²) in [6.07, 6.45) is 0. The molecule has 0 fully saturated rings. The van der Waals surface area contributed by atoms with Gasteiger partial charge in [0, 0.05) is 29.5 Å². The Morgan fingerprint density at radius 1 is 1.08 bits per heavy atom. The van der Waals surface area contributed by atoms with Gasteiger partial charge in [-0.3, -0.25) is 9.59 Å². The van der Waals surface area contributed by atoms with E-state index >= 15 is 0 Å². The van der Waals surface area contributed by atoms with Crippen LogP contribution in [0.15, 0.2) is 65.2 Å². The van der Waals surface area contributed by atoms with Gasteiger partial charge in [0.15, 0.2) is 0 Å². The van der Waals surface area contributed by atoms with Crippen LogP contribution in [0.5, 0.6) is 0 Å². The molecule has 0 aliphatic heterocycles. The van der Waals surface area contributed by atoms with E-state index in [0.717, 1.165) is 5.69 Å². The summed E-state index contributed by atoms with van der Waals surface area (Å²) in [5.74, 6) is -0.422. The van der Waals surface area contributed by atoms with Crippen molar-refractivity contribution in [2.24, 2.45) is 0 Å². The first kappa shape index (κ1) is 17.4. The van der Waals surface area contributed by atoms with Gasteiger partial charge < -0.3 is 14.7 Å². The predicted octanol–water partition coefficient (Wildman–Crippen LogP) is 3.90. The van der Waals surface area contributed by atoms with E-state index in [1.165, 1.54) is 0 Å². The number of hydrogen-bond acceptors (Lipinski definition) is 4. The fourth-order valence-corrected chi connectivity index (χ4v) is 2.60. The van der Waals surface area contributed by atoms with Gasteiger partial charge in [-0.25, -0.2) is 0 Å². The molecule has 2 amide bonds. The van der Waals surface area contributed by atoms with Crippen LogP contribution >= 0.6 is 0 Å². The molecule has 1 N–H and O–H groups in total. The number of carbonyl (C=O) groups is 2. The number of para-hydroxylation sites is 1. The summed E-state index contributed by atoms with van der Waals surface area (Å²) >= 11 is 0. The number of aromatic nitrogens is 1. The smallest absolute Gasteiger partial charge is 0.294 e. The Morgan fingerprint density at radius 2 is 1.85 bits per heavy atom. The third-order valence-corrected chi connectivity index (χ3v) is 3.85. The van der Waals surface area contributed by atoms with Crippen molar-refractivity contribution in [2.45, 2.75) is 13.8 Å². The fraction of sp³-hybridized carbons (Fsp3) is 0.150. The van der Waals surface area contributed by atoms with Gasteiger partial charge in [0.05, 0.1) is 5.69 Å². The highest BCUT2D eigenvalue weighted by atomic mass is 16.5. The molecule has 3 aromatic rings. The van der Waals surface area contributed by atoms with Crippen molar-refractivity contribution in [2.75, 3.05) is 16.8 Å². The summed E-state index contributed by atoms with van der Waals surface area (Å²) in [5, 5.41) is 6.42. The topological polar surface area (TPSA) is 75.4 Å². The standard InChI is InChI=1S/C20H19N3O3/c1-3-23(17-10-5-4-6-11-17)20(25)15-8-7-9-16(13-15)21-19(24)18-12-14(2)22-26-18/h4-13H,3H2,1-2H3,(H,21,24). The second kappa shape index (κ2) is 7.65. The van der Waals surface area contributed by atoms with Crippen molar-refractivity contribution in [1.82, 2.24) is 5.16 Å². The molecule has 26 heavy (non-hydrogen) atoms. The van der Waals surface area contributed by atoms with Gasteiger partial charge >= 0.3 is 0 Å². The van der Waals surface area contributed by atoms with E-state index in [-0.39, 0.29) is 11.7 Å². The molecular weight excluding hydrogens is 330 g/mol. The molecule has 0 unspecified atom stereocenters. The highest BCUT2D eigenvalue weighted by Gasteiger charge is 2.17. The Labute approximate surface area is 151 Å². The van der Waals surface area contributed by atoms with Crippen molar-refractivity contribution in [3.8, 4) is 0 Å². The molecule has 6 nitrogen and oxygen atoms in total. The monoisotopic (exact) mass is 349 g/mol. The number of anilines is 2. The summed E-state index contributed by atoms with van der Waals surface area (Å²) in [7, 11) is 0. The zero-order valence-corrected chi connectivity index (χ0v) is 14.6. The fourth-order valence-electron chi connectivity index (χ4n) is 2.60. The highest BCUT2D eigenvalue weighted by molar-refractivity contribution is 6.07. The molecule has 132 valence electrons. The number of benzene rings is 2. The van der Waals surface area contributed by atoms with Gasteiger partial charge in [-0.05, 0) is 44.2 Å². The summed E-state index contributed by atoms with van der Waals surface area (Å²) in [6, 6.07) is 17.8. The summed E-state index contributed by atoms with van der Waals surface area (Å²) in [4.78, 5) is 26.7. The van der Waals surface area contributed by atoms with Gasteiger partial charge in [0.2, 0.25) is 5.76 Å². The zero-order valence-electron chi connectivity index (χ0n) is 14.6. The number of nitrogens with zero attached hydrogens (tertiary/aromatic N) is 2. The molecule has 6 heteroatoms.